The first-order chi connectivity index (χ1) is 7.62. The molecule has 4 heteroatoms. The van der Waals surface area contributed by atoms with Crippen LogP contribution in [0.3, 0.4) is 0 Å². The van der Waals surface area contributed by atoms with Crippen molar-refractivity contribution in [3.05, 3.63) is 12.2 Å². The molecule has 0 spiro atoms. The molecule has 4 nitrogen and oxygen atoms in total. The van der Waals surface area contributed by atoms with Gasteiger partial charge >= 0.3 is 0 Å². The lowest BCUT2D eigenvalue weighted by atomic mass is 9.80. The van der Waals surface area contributed by atoms with Gasteiger partial charge in [-0.1, -0.05) is 20.8 Å². The summed E-state index contributed by atoms with van der Waals surface area (Å²) in [5.41, 5.74) is 0.205. The third-order valence-corrected chi connectivity index (χ3v) is 3.42. The Morgan fingerprint density at radius 1 is 1.44 bits per heavy atom. The zero-order chi connectivity index (χ0) is 11.6. The summed E-state index contributed by atoms with van der Waals surface area (Å²) in [6.45, 7) is 9.97. The maximum absolute atomic E-state index is 4.35. The third-order valence-electron chi connectivity index (χ3n) is 3.42. The van der Waals surface area contributed by atoms with Crippen molar-refractivity contribution in [2.75, 3.05) is 13.1 Å². The molecule has 1 aromatic rings. The van der Waals surface area contributed by atoms with Crippen molar-refractivity contribution in [1.29, 1.82) is 0 Å². The smallest absolute Gasteiger partial charge is 0.138 e. The molecule has 1 aromatic heterocycles. The lowest BCUT2D eigenvalue weighted by molar-refractivity contribution is 0.303. The predicted molar refractivity (Wildman–Crippen MR) is 64.3 cm³/mol. The van der Waals surface area contributed by atoms with Gasteiger partial charge in [0.1, 0.15) is 12.2 Å². The lowest BCUT2D eigenvalue weighted by Crippen LogP contribution is -2.39. The van der Waals surface area contributed by atoms with Crippen LogP contribution in [0.1, 0.15) is 39.4 Å². The fraction of sp³-hybridized carbons (Fsp3) is 0.833. The van der Waals surface area contributed by atoms with E-state index in [1.165, 1.54) is 5.82 Å². The van der Waals surface area contributed by atoms with Gasteiger partial charge in [-0.25, -0.2) is 0 Å². The van der Waals surface area contributed by atoms with Gasteiger partial charge in [-0.15, -0.1) is 10.2 Å². The Morgan fingerprint density at radius 3 is 2.75 bits per heavy atom. The zero-order valence-corrected chi connectivity index (χ0v) is 10.5. The molecule has 0 bridgehead atoms. The Balaban J connectivity index is 2.21. The number of hydrogen-bond donors (Lipinski definition) is 1. The van der Waals surface area contributed by atoms with Gasteiger partial charge in [0.15, 0.2) is 0 Å². The molecule has 0 amide bonds. The fourth-order valence-electron chi connectivity index (χ4n) is 2.45. The topological polar surface area (TPSA) is 42.7 Å². The maximum Gasteiger partial charge on any atom is 0.138 e. The van der Waals surface area contributed by atoms with Crippen LogP contribution in [0.25, 0.3) is 0 Å². The minimum absolute atomic E-state index is 0.205. The van der Waals surface area contributed by atoms with E-state index in [2.05, 4.69) is 40.9 Å². The second-order valence-corrected chi connectivity index (χ2v) is 5.51. The van der Waals surface area contributed by atoms with Crippen LogP contribution in [0.4, 0.5) is 0 Å². The fourth-order valence-corrected chi connectivity index (χ4v) is 2.45. The van der Waals surface area contributed by atoms with Crippen LogP contribution in [0.15, 0.2) is 6.33 Å². The largest absolute Gasteiger partial charge is 0.317 e. The molecule has 0 atom stereocenters. The molecule has 0 unspecified atom stereocenters. The van der Waals surface area contributed by atoms with Crippen molar-refractivity contribution in [2.45, 2.75) is 45.6 Å². The maximum atomic E-state index is 4.35. The Labute approximate surface area is 97.5 Å². The van der Waals surface area contributed by atoms with Gasteiger partial charge in [0.05, 0.1) is 0 Å². The highest BCUT2D eigenvalue weighted by atomic mass is 15.3. The van der Waals surface area contributed by atoms with Crippen LogP contribution >= 0.6 is 0 Å². The highest BCUT2D eigenvalue weighted by Crippen LogP contribution is 2.31. The molecule has 2 rings (SSSR count). The van der Waals surface area contributed by atoms with Crippen molar-refractivity contribution >= 4 is 0 Å². The van der Waals surface area contributed by atoms with Crippen LogP contribution in [-0.2, 0) is 12.0 Å². The van der Waals surface area contributed by atoms with Crippen LogP contribution in [-0.4, -0.2) is 27.9 Å². The summed E-state index contributed by atoms with van der Waals surface area (Å²) in [7, 11) is 0. The van der Waals surface area contributed by atoms with E-state index in [4.69, 9.17) is 0 Å². The van der Waals surface area contributed by atoms with Crippen LogP contribution in [0, 0.1) is 5.92 Å². The van der Waals surface area contributed by atoms with Crippen molar-refractivity contribution in [3.8, 4) is 0 Å². The highest BCUT2D eigenvalue weighted by Gasteiger charge is 2.33. The highest BCUT2D eigenvalue weighted by molar-refractivity contribution is 5.08. The van der Waals surface area contributed by atoms with E-state index < -0.39 is 0 Å². The molecule has 1 aliphatic rings. The number of nitrogens with zero attached hydrogens (tertiary/aromatic N) is 3. The Hall–Kier alpha value is -0.900. The summed E-state index contributed by atoms with van der Waals surface area (Å²) in [5.74, 6) is 1.81. The van der Waals surface area contributed by atoms with Gasteiger partial charge in [-0.3, -0.25) is 0 Å². The quantitative estimate of drug-likeness (QED) is 0.844. The summed E-state index contributed by atoms with van der Waals surface area (Å²) in [6, 6.07) is 0. The van der Waals surface area contributed by atoms with E-state index in [0.29, 0.717) is 5.92 Å². The number of rotatable bonds is 3. The Bertz CT molecular complexity index is 337. The normalized spacial score (nSPS) is 20.2. The molecular weight excluding hydrogens is 200 g/mol. The second kappa shape index (κ2) is 4.53. The Kier molecular flexibility index (Phi) is 3.28. The van der Waals surface area contributed by atoms with E-state index in [1.54, 1.807) is 0 Å². The van der Waals surface area contributed by atoms with Gasteiger partial charge in [0.2, 0.25) is 0 Å². The first-order valence-corrected chi connectivity index (χ1v) is 6.21. The van der Waals surface area contributed by atoms with Crippen molar-refractivity contribution in [3.63, 3.8) is 0 Å². The Morgan fingerprint density at radius 2 is 2.12 bits per heavy atom. The van der Waals surface area contributed by atoms with Crippen molar-refractivity contribution < 1.29 is 0 Å². The molecule has 1 N–H and O–H groups in total. The van der Waals surface area contributed by atoms with Crippen LogP contribution in [0.5, 0.6) is 0 Å². The van der Waals surface area contributed by atoms with E-state index in [1.807, 2.05) is 6.33 Å². The molecule has 0 radical (unpaired) electrons. The van der Waals surface area contributed by atoms with Crippen molar-refractivity contribution in [1.82, 2.24) is 20.1 Å². The summed E-state index contributed by atoms with van der Waals surface area (Å²) in [5, 5.41) is 11.8. The number of hydrogen-bond acceptors (Lipinski definition) is 3. The summed E-state index contributed by atoms with van der Waals surface area (Å²) >= 11 is 0. The third kappa shape index (κ3) is 2.26. The average molecular weight is 222 g/mol. The van der Waals surface area contributed by atoms with Crippen molar-refractivity contribution in [2.24, 2.45) is 5.92 Å². The van der Waals surface area contributed by atoms with Gasteiger partial charge < -0.3 is 9.88 Å². The second-order valence-electron chi connectivity index (χ2n) is 5.51. The van der Waals surface area contributed by atoms with Gasteiger partial charge in [0.25, 0.3) is 0 Å². The number of nitrogens with one attached hydrogen (secondary N) is 1. The molecular formula is C12H22N4. The van der Waals surface area contributed by atoms with Gasteiger partial charge in [-0.05, 0) is 31.8 Å². The monoisotopic (exact) mass is 222 g/mol. The molecule has 1 aliphatic heterocycles. The number of piperidine rings is 1. The first-order valence-electron chi connectivity index (χ1n) is 6.21. The summed E-state index contributed by atoms with van der Waals surface area (Å²) in [4.78, 5) is 0. The lowest BCUT2D eigenvalue weighted by Gasteiger charge is -2.33. The number of aromatic nitrogens is 3. The molecule has 16 heavy (non-hydrogen) atoms. The van der Waals surface area contributed by atoms with Gasteiger partial charge in [0, 0.05) is 12.0 Å². The van der Waals surface area contributed by atoms with Gasteiger partial charge in [-0.2, -0.15) is 0 Å². The average Bonchev–Trinajstić information content (AvgIpc) is 2.66. The van der Waals surface area contributed by atoms with E-state index >= 15 is 0 Å². The SMILES string of the molecule is CC(C)Cn1cnnc1C1(C)CCNCC1. The molecule has 90 valence electrons. The zero-order valence-electron chi connectivity index (χ0n) is 10.5. The molecule has 1 fully saturated rings. The first kappa shape index (κ1) is 11.6. The standard InChI is InChI=1S/C12H22N4/c1-10(2)8-16-9-14-15-11(16)12(3)4-6-13-7-5-12/h9-10,13H,4-8H2,1-3H3. The van der Waals surface area contributed by atoms with E-state index in [0.717, 1.165) is 32.5 Å². The van der Waals surface area contributed by atoms with Crippen LogP contribution < -0.4 is 5.32 Å². The van der Waals surface area contributed by atoms with Crippen LogP contribution in [0.2, 0.25) is 0 Å². The summed E-state index contributed by atoms with van der Waals surface area (Å²) < 4.78 is 2.23. The molecule has 0 aromatic carbocycles. The predicted octanol–water partition coefficient (Wildman–Crippen LogP) is 1.58. The molecule has 0 aliphatic carbocycles. The van der Waals surface area contributed by atoms with E-state index in [-0.39, 0.29) is 5.41 Å². The molecule has 1 saturated heterocycles. The minimum atomic E-state index is 0.205. The van der Waals surface area contributed by atoms with E-state index in [9.17, 15) is 0 Å². The molecule has 0 saturated carbocycles. The minimum Gasteiger partial charge on any atom is -0.317 e. The molecule has 2 heterocycles. The summed E-state index contributed by atoms with van der Waals surface area (Å²) in [6.07, 6.45) is 4.19.